The van der Waals surface area contributed by atoms with Gasteiger partial charge in [0.1, 0.15) is 13.2 Å². The number of carbonyl (C=O) groups excluding carboxylic acids is 3. The first-order valence-electron chi connectivity index (χ1n) is 31.7. The van der Waals surface area contributed by atoms with E-state index in [0.29, 0.717) is 19.3 Å². The van der Waals surface area contributed by atoms with Crippen molar-refractivity contribution in [3.8, 4) is 0 Å². The van der Waals surface area contributed by atoms with Crippen LogP contribution in [0.5, 0.6) is 0 Å². The fraction of sp³-hybridized carbons (Fsp3) is 0.953. The number of ether oxygens (including phenoxy) is 3. The van der Waals surface area contributed by atoms with E-state index in [0.717, 1.165) is 69.6 Å². The minimum Gasteiger partial charge on any atom is -0.462 e. The molecule has 1 atom stereocenters. The van der Waals surface area contributed by atoms with Crippen LogP contribution in [0.3, 0.4) is 0 Å². The SMILES string of the molecule is CCCCCCCCCCCCCCCCCCCCCC(=O)O[C@@H](COC(=O)CCCCCCCCCCCCCCCCC(C)C)COC(=O)CCCCCCCCCCCCCCCC(C)C. The van der Waals surface area contributed by atoms with Crippen LogP contribution < -0.4 is 0 Å². The summed E-state index contributed by atoms with van der Waals surface area (Å²) in [6, 6.07) is 0. The van der Waals surface area contributed by atoms with Crippen LogP contribution in [-0.2, 0) is 28.6 Å². The summed E-state index contributed by atoms with van der Waals surface area (Å²) in [4.78, 5) is 38.3. The molecule has 0 radical (unpaired) electrons. The first-order valence-corrected chi connectivity index (χ1v) is 31.7. The topological polar surface area (TPSA) is 78.9 Å². The Morgan fingerprint density at radius 1 is 0.271 bits per heavy atom. The van der Waals surface area contributed by atoms with Crippen LogP contribution in [-0.4, -0.2) is 37.2 Å². The van der Waals surface area contributed by atoms with Gasteiger partial charge in [-0.05, 0) is 31.1 Å². The van der Waals surface area contributed by atoms with Gasteiger partial charge in [0, 0.05) is 19.3 Å². The van der Waals surface area contributed by atoms with Crippen molar-refractivity contribution in [2.75, 3.05) is 13.2 Å². The molecule has 0 unspecified atom stereocenters. The molecule has 0 bridgehead atoms. The van der Waals surface area contributed by atoms with Crippen molar-refractivity contribution in [2.45, 2.75) is 368 Å². The molecule has 6 nitrogen and oxygen atoms in total. The summed E-state index contributed by atoms with van der Waals surface area (Å²) in [5.74, 6) is 0.852. The van der Waals surface area contributed by atoms with Gasteiger partial charge >= 0.3 is 17.9 Å². The van der Waals surface area contributed by atoms with E-state index in [1.165, 1.54) is 250 Å². The van der Waals surface area contributed by atoms with Gasteiger partial charge in [0.15, 0.2) is 6.10 Å². The van der Waals surface area contributed by atoms with Gasteiger partial charge in [-0.15, -0.1) is 0 Å². The molecule has 0 spiro atoms. The van der Waals surface area contributed by atoms with Crippen LogP contribution in [0, 0.1) is 11.8 Å². The summed E-state index contributed by atoms with van der Waals surface area (Å²) in [5.41, 5.74) is 0. The molecule has 0 aliphatic heterocycles. The minimum absolute atomic E-state index is 0.0620. The van der Waals surface area contributed by atoms with Crippen LogP contribution in [0.1, 0.15) is 362 Å². The second-order valence-electron chi connectivity index (χ2n) is 23.0. The van der Waals surface area contributed by atoms with Crippen molar-refractivity contribution in [3.63, 3.8) is 0 Å². The summed E-state index contributed by atoms with van der Waals surface area (Å²) in [7, 11) is 0. The van der Waals surface area contributed by atoms with E-state index in [2.05, 4.69) is 34.6 Å². The van der Waals surface area contributed by atoms with E-state index >= 15 is 0 Å². The minimum atomic E-state index is -0.764. The monoisotopic (exact) mass is 989 g/mol. The second-order valence-corrected chi connectivity index (χ2v) is 23.0. The fourth-order valence-corrected chi connectivity index (χ4v) is 9.93. The number of hydrogen-bond donors (Lipinski definition) is 0. The summed E-state index contributed by atoms with van der Waals surface area (Å²) in [6.07, 6.45) is 62.4. The lowest BCUT2D eigenvalue weighted by atomic mass is 10.0. The van der Waals surface area contributed by atoms with Crippen LogP contribution in [0.4, 0.5) is 0 Å². The predicted octanol–water partition coefficient (Wildman–Crippen LogP) is 21.2. The number of rotatable bonds is 58. The van der Waals surface area contributed by atoms with Gasteiger partial charge in [-0.2, -0.15) is 0 Å². The molecule has 0 aromatic heterocycles. The quantitative estimate of drug-likeness (QED) is 0.0343. The maximum atomic E-state index is 12.9. The number of carbonyl (C=O) groups is 3. The third-order valence-corrected chi connectivity index (χ3v) is 14.7. The molecule has 0 saturated carbocycles. The summed E-state index contributed by atoms with van der Waals surface area (Å²) < 4.78 is 17.0. The Kier molecular flexibility index (Phi) is 55.4. The lowest BCUT2D eigenvalue weighted by Gasteiger charge is -2.18. The molecule has 0 heterocycles. The van der Waals surface area contributed by atoms with Gasteiger partial charge in [0.05, 0.1) is 0 Å². The highest BCUT2D eigenvalue weighted by Crippen LogP contribution is 2.19. The molecule has 0 saturated heterocycles. The zero-order valence-corrected chi connectivity index (χ0v) is 48.2. The Hall–Kier alpha value is -1.59. The third kappa shape index (κ3) is 57.3. The average molecular weight is 990 g/mol. The largest absolute Gasteiger partial charge is 0.462 e. The molecule has 0 fully saturated rings. The molecule has 416 valence electrons. The van der Waals surface area contributed by atoms with Gasteiger partial charge < -0.3 is 14.2 Å². The van der Waals surface area contributed by atoms with Crippen molar-refractivity contribution in [1.82, 2.24) is 0 Å². The molecule has 0 aromatic rings. The number of esters is 3. The number of hydrogen-bond acceptors (Lipinski definition) is 6. The van der Waals surface area contributed by atoms with Crippen molar-refractivity contribution < 1.29 is 28.6 Å². The zero-order valence-electron chi connectivity index (χ0n) is 48.2. The number of unbranched alkanes of at least 4 members (excludes halogenated alkanes) is 43. The molecule has 0 rings (SSSR count). The third-order valence-electron chi connectivity index (χ3n) is 14.7. The Morgan fingerprint density at radius 2 is 0.471 bits per heavy atom. The van der Waals surface area contributed by atoms with E-state index < -0.39 is 6.10 Å². The summed E-state index contributed by atoms with van der Waals surface area (Å²) >= 11 is 0. The van der Waals surface area contributed by atoms with Gasteiger partial charge in [-0.3, -0.25) is 14.4 Å². The molecule has 70 heavy (non-hydrogen) atoms. The van der Waals surface area contributed by atoms with Crippen LogP contribution in [0.15, 0.2) is 0 Å². The van der Waals surface area contributed by atoms with E-state index in [1.54, 1.807) is 0 Å². The molecule has 0 amide bonds. The van der Waals surface area contributed by atoms with Crippen molar-refractivity contribution in [2.24, 2.45) is 11.8 Å². The highest BCUT2D eigenvalue weighted by molar-refractivity contribution is 5.71. The molecule has 0 N–H and O–H groups in total. The molecular formula is C64H124O6. The highest BCUT2D eigenvalue weighted by Gasteiger charge is 2.19. The van der Waals surface area contributed by atoms with Crippen molar-refractivity contribution >= 4 is 17.9 Å². The average Bonchev–Trinajstić information content (AvgIpc) is 3.33. The van der Waals surface area contributed by atoms with Gasteiger partial charge in [-0.25, -0.2) is 0 Å². The lowest BCUT2D eigenvalue weighted by molar-refractivity contribution is -0.167. The smallest absolute Gasteiger partial charge is 0.306 e. The second kappa shape index (κ2) is 56.7. The summed E-state index contributed by atoms with van der Waals surface area (Å²) in [5, 5.41) is 0. The van der Waals surface area contributed by atoms with Crippen molar-refractivity contribution in [1.29, 1.82) is 0 Å². The Labute approximate surface area is 438 Å². The highest BCUT2D eigenvalue weighted by atomic mass is 16.6. The van der Waals surface area contributed by atoms with Crippen LogP contribution >= 0.6 is 0 Å². The molecule has 0 aliphatic rings. The normalized spacial score (nSPS) is 12.0. The van der Waals surface area contributed by atoms with E-state index in [9.17, 15) is 14.4 Å². The Bertz CT molecular complexity index is 1070. The van der Waals surface area contributed by atoms with Crippen LogP contribution in [0.2, 0.25) is 0 Å². The lowest BCUT2D eigenvalue weighted by Crippen LogP contribution is -2.30. The Balaban J connectivity index is 4.29. The maximum Gasteiger partial charge on any atom is 0.306 e. The van der Waals surface area contributed by atoms with E-state index in [1.807, 2.05) is 0 Å². The Morgan fingerprint density at radius 3 is 0.700 bits per heavy atom. The molecule has 6 heteroatoms. The maximum absolute atomic E-state index is 12.9. The van der Waals surface area contributed by atoms with Gasteiger partial charge in [0.25, 0.3) is 0 Å². The fourth-order valence-electron chi connectivity index (χ4n) is 9.93. The first kappa shape index (κ1) is 68.4. The van der Waals surface area contributed by atoms with E-state index in [-0.39, 0.29) is 31.1 Å². The van der Waals surface area contributed by atoms with Crippen molar-refractivity contribution in [3.05, 3.63) is 0 Å². The standard InChI is InChI=1S/C64H124O6/c1-6-7-8-9-10-11-12-13-14-15-16-17-18-25-31-36-41-46-51-56-64(67)70-61(58-69-63(66)55-50-45-40-35-30-26-21-23-28-33-38-43-48-53-60(4)5)57-68-62(65)54-49-44-39-34-29-24-20-19-22-27-32-37-42-47-52-59(2)3/h59-61H,6-58H2,1-5H3/t61-/m0/s1. The zero-order chi connectivity index (χ0) is 51.1. The molecule has 0 aliphatic carbocycles. The molecule has 0 aromatic carbocycles. The van der Waals surface area contributed by atoms with Gasteiger partial charge in [-0.1, -0.05) is 324 Å². The van der Waals surface area contributed by atoms with E-state index in [4.69, 9.17) is 14.2 Å². The van der Waals surface area contributed by atoms with Crippen LogP contribution in [0.25, 0.3) is 0 Å². The van der Waals surface area contributed by atoms with Gasteiger partial charge in [0.2, 0.25) is 0 Å². The predicted molar refractivity (Wildman–Crippen MR) is 303 cm³/mol. The first-order chi connectivity index (χ1) is 34.2. The molecular weight excluding hydrogens is 865 g/mol. The summed E-state index contributed by atoms with van der Waals surface area (Å²) in [6.45, 7) is 11.4.